The fourth-order valence-electron chi connectivity index (χ4n) is 1.53. The van der Waals surface area contributed by atoms with Crippen molar-refractivity contribution in [3.8, 4) is 0 Å². The van der Waals surface area contributed by atoms with Crippen LogP contribution in [0.3, 0.4) is 0 Å². The zero-order valence-electron chi connectivity index (χ0n) is 10.1. The lowest BCUT2D eigenvalue weighted by atomic mass is 10.1. The first-order chi connectivity index (χ1) is 8.33. The van der Waals surface area contributed by atoms with Crippen molar-refractivity contribution < 1.29 is 9.90 Å². The maximum atomic E-state index is 11.5. The number of amides is 1. The highest BCUT2D eigenvalue weighted by Crippen LogP contribution is 2.00. The molecule has 0 bridgehead atoms. The topological polar surface area (TPSA) is 62.2 Å². The van der Waals surface area contributed by atoms with E-state index >= 15 is 0 Å². The second kappa shape index (κ2) is 8.70. The Kier molecular flexibility index (Phi) is 6.98. The molecule has 0 aromatic carbocycles. The molecule has 0 saturated carbocycles. The average Bonchev–Trinajstić information content (AvgIpc) is 2.37. The molecule has 4 heteroatoms. The van der Waals surface area contributed by atoms with Crippen LogP contribution in [0.15, 0.2) is 24.5 Å². The van der Waals surface area contributed by atoms with E-state index < -0.39 is 0 Å². The third-order valence-electron chi connectivity index (χ3n) is 2.52. The summed E-state index contributed by atoms with van der Waals surface area (Å²) in [6.45, 7) is 0.931. The lowest BCUT2D eigenvalue weighted by Crippen LogP contribution is -2.24. The van der Waals surface area contributed by atoms with Crippen molar-refractivity contribution in [2.45, 2.75) is 32.1 Å². The van der Waals surface area contributed by atoms with E-state index in [1.807, 2.05) is 12.1 Å². The Balaban J connectivity index is 2.05. The molecule has 2 N–H and O–H groups in total. The van der Waals surface area contributed by atoms with Gasteiger partial charge in [0.1, 0.15) is 0 Å². The van der Waals surface area contributed by atoms with Gasteiger partial charge >= 0.3 is 0 Å². The third kappa shape index (κ3) is 6.68. The Bertz CT molecular complexity index is 314. The Morgan fingerprint density at radius 1 is 1.35 bits per heavy atom. The molecule has 0 atom stereocenters. The molecule has 0 aliphatic rings. The van der Waals surface area contributed by atoms with E-state index in [1.165, 1.54) is 0 Å². The van der Waals surface area contributed by atoms with E-state index in [1.54, 1.807) is 12.4 Å². The van der Waals surface area contributed by atoms with Gasteiger partial charge in [-0.05, 0) is 37.3 Å². The third-order valence-corrected chi connectivity index (χ3v) is 2.52. The summed E-state index contributed by atoms with van der Waals surface area (Å²) in [5.74, 6) is 0.0813. The van der Waals surface area contributed by atoms with Gasteiger partial charge in [0.15, 0.2) is 0 Å². The molecule has 4 nitrogen and oxygen atoms in total. The highest BCUT2D eigenvalue weighted by Gasteiger charge is 2.01. The van der Waals surface area contributed by atoms with Gasteiger partial charge in [-0.15, -0.1) is 0 Å². The predicted octanol–water partition coefficient (Wildman–Crippen LogP) is 1.29. The number of carbonyl (C=O) groups is 1. The van der Waals surface area contributed by atoms with Gasteiger partial charge < -0.3 is 10.4 Å². The molecule has 1 aromatic rings. The number of hydrogen-bond acceptors (Lipinski definition) is 3. The number of aromatic nitrogens is 1. The quantitative estimate of drug-likeness (QED) is 0.669. The molecular weight excluding hydrogens is 216 g/mol. The second-order valence-corrected chi connectivity index (χ2v) is 4.00. The van der Waals surface area contributed by atoms with Crippen LogP contribution in [0, 0.1) is 0 Å². The van der Waals surface area contributed by atoms with Crippen LogP contribution in [0.2, 0.25) is 0 Å². The molecule has 0 saturated heterocycles. The van der Waals surface area contributed by atoms with Crippen LogP contribution >= 0.6 is 0 Å². The van der Waals surface area contributed by atoms with Gasteiger partial charge in [0.25, 0.3) is 0 Å². The van der Waals surface area contributed by atoms with Crippen molar-refractivity contribution >= 4 is 5.91 Å². The smallest absolute Gasteiger partial charge is 0.220 e. The lowest BCUT2D eigenvalue weighted by Gasteiger charge is -2.04. The van der Waals surface area contributed by atoms with Crippen molar-refractivity contribution in [1.29, 1.82) is 0 Å². The molecule has 1 amide bonds. The van der Waals surface area contributed by atoms with Crippen molar-refractivity contribution in [2.24, 2.45) is 0 Å². The Hall–Kier alpha value is -1.42. The first-order valence-corrected chi connectivity index (χ1v) is 6.09. The number of rotatable bonds is 8. The first kappa shape index (κ1) is 13.6. The van der Waals surface area contributed by atoms with Crippen molar-refractivity contribution in [1.82, 2.24) is 10.3 Å². The first-order valence-electron chi connectivity index (χ1n) is 6.09. The molecule has 0 aliphatic heterocycles. The number of aliphatic hydroxyl groups excluding tert-OH is 1. The number of carbonyl (C=O) groups excluding carboxylic acids is 1. The summed E-state index contributed by atoms with van der Waals surface area (Å²) in [6, 6.07) is 3.85. The van der Waals surface area contributed by atoms with Crippen molar-refractivity contribution in [3.63, 3.8) is 0 Å². The number of nitrogens with zero attached hydrogens (tertiary/aromatic N) is 1. The van der Waals surface area contributed by atoms with E-state index in [0.717, 1.165) is 31.2 Å². The van der Waals surface area contributed by atoms with Gasteiger partial charge in [-0.25, -0.2) is 0 Å². The van der Waals surface area contributed by atoms with Crippen LogP contribution in [-0.4, -0.2) is 29.1 Å². The largest absolute Gasteiger partial charge is 0.396 e. The van der Waals surface area contributed by atoms with Crippen molar-refractivity contribution in [3.05, 3.63) is 30.1 Å². The van der Waals surface area contributed by atoms with Crippen LogP contribution in [0.1, 0.15) is 31.2 Å². The summed E-state index contributed by atoms with van der Waals surface area (Å²) < 4.78 is 0. The van der Waals surface area contributed by atoms with E-state index in [0.29, 0.717) is 13.0 Å². The summed E-state index contributed by atoms with van der Waals surface area (Å²) in [7, 11) is 0. The predicted molar refractivity (Wildman–Crippen MR) is 66.5 cm³/mol. The van der Waals surface area contributed by atoms with Crippen LogP contribution < -0.4 is 5.32 Å². The van der Waals surface area contributed by atoms with Crippen LogP contribution in [0.25, 0.3) is 0 Å². The summed E-state index contributed by atoms with van der Waals surface area (Å²) in [6.07, 6.45) is 7.45. The van der Waals surface area contributed by atoms with E-state index in [9.17, 15) is 4.79 Å². The van der Waals surface area contributed by atoms with Crippen LogP contribution in [0.5, 0.6) is 0 Å². The van der Waals surface area contributed by atoms with E-state index in [2.05, 4.69) is 10.3 Å². The number of aryl methyl sites for hydroxylation is 1. The molecule has 0 fully saturated rings. The standard InChI is InChI=1S/C13H20N2O2/c16-10-3-1-2-9-15-13(17)7-6-12-5-4-8-14-11-12/h4-5,8,11,16H,1-3,6-7,9-10H2,(H,15,17). The summed E-state index contributed by atoms with van der Waals surface area (Å²) in [5.41, 5.74) is 1.09. The number of pyridine rings is 1. The summed E-state index contributed by atoms with van der Waals surface area (Å²) >= 11 is 0. The minimum atomic E-state index is 0.0813. The van der Waals surface area contributed by atoms with Crippen molar-refractivity contribution in [2.75, 3.05) is 13.2 Å². The minimum Gasteiger partial charge on any atom is -0.396 e. The van der Waals surface area contributed by atoms with Gasteiger partial charge in [0.2, 0.25) is 5.91 Å². The van der Waals surface area contributed by atoms with Gasteiger partial charge in [-0.1, -0.05) is 6.07 Å². The fraction of sp³-hybridized carbons (Fsp3) is 0.538. The molecule has 0 radical (unpaired) electrons. The second-order valence-electron chi connectivity index (χ2n) is 4.00. The minimum absolute atomic E-state index is 0.0813. The number of unbranched alkanes of at least 4 members (excludes halogenated alkanes) is 2. The van der Waals surface area contributed by atoms with Gasteiger partial charge in [0, 0.05) is 32.0 Å². The maximum Gasteiger partial charge on any atom is 0.220 e. The van der Waals surface area contributed by atoms with Gasteiger partial charge in [-0.3, -0.25) is 9.78 Å². The number of hydrogen-bond donors (Lipinski definition) is 2. The zero-order valence-corrected chi connectivity index (χ0v) is 10.1. The Labute approximate surface area is 102 Å². The van der Waals surface area contributed by atoms with E-state index in [-0.39, 0.29) is 12.5 Å². The molecule has 0 spiro atoms. The number of aliphatic hydroxyl groups is 1. The Morgan fingerprint density at radius 2 is 2.24 bits per heavy atom. The monoisotopic (exact) mass is 236 g/mol. The maximum absolute atomic E-state index is 11.5. The average molecular weight is 236 g/mol. The van der Waals surface area contributed by atoms with Crippen LogP contribution in [0.4, 0.5) is 0 Å². The number of nitrogens with one attached hydrogen (secondary N) is 1. The van der Waals surface area contributed by atoms with Crippen LogP contribution in [-0.2, 0) is 11.2 Å². The molecule has 1 heterocycles. The SMILES string of the molecule is O=C(CCc1cccnc1)NCCCCCO. The molecule has 94 valence electrons. The Morgan fingerprint density at radius 3 is 2.94 bits per heavy atom. The molecule has 1 rings (SSSR count). The molecule has 1 aromatic heterocycles. The summed E-state index contributed by atoms with van der Waals surface area (Å²) in [4.78, 5) is 15.5. The lowest BCUT2D eigenvalue weighted by molar-refractivity contribution is -0.121. The summed E-state index contributed by atoms with van der Waals surface area (Å²) in [5, 5.41) is 11.5. The molecule has 0 unspecified atom stereocenters. The molecule has 17 heavy (non-hydrogen) atoms. The normalized spacial score (nSPS) is 10.2. The highest BCUT2D eigenvalue weighted by molar-refractivity contribution is 5.76. The molecule has 0 aliphatic carbocycles. The van der Waals surface area contributed by atoms with Gasteiger partial charge in [-0.2, -0.15) is 0 Å². The fourth-order valence-corrected chi connectivity index (χ4v) is 1.53. The molecular formula is C13H20N2O2. The van der Waals surface area contributed by atoms with E-state index in [4.69, 9.17) is 5.11 Å². The zero-order chi connectivity index (χ0) is 12.3. The van der Waals surface area contributed by atoms with Gasteiger partial charge in [0.05, 0.1) is 0 Å². The highest BCUT2D eigenvalue weighted by atomic mass is 16.2.